The summed E-state index contributed by atoms with van der Waals surface area (Å²) in [6.45, 7) is 0. The number of hydrogen-bond donors (Lipinski definition) is 0. The van der Waals surface area contributed by atoms with Crippen LogP contribution in [0.1, 0.15) is 16.1 Å². The highest BCUT2D eigenvalue weighted by Crippen LogP contribution is 2.18. The van der Waals surface area contributed by atoms with Crippen molar-refractivity contribution in [2.45, 2.75) is 0 Å². The third kappa shape index (κ3) is 2.26. The second kappa shape index (κ2) is 5.42. The summed E-state index contributed by atoms with van der Waals surface area (Å²) < 4.78 is 1.60. The van der Waals surface area contributed by atoms with Gasteiger partial charge in [0.2, 0.25) is 5.78 Å². The summed E-state index contributed by atoms with van der Waals surface area (Å²) in [7, 11) is 0. The summed E-state index contributed by atoms with van der Waals surface area (Å²) in [6.07, 6.45) is 1.36. The molecule has 4 aromatic rings. The van der Waals surface area contributed by atoms with E-state index in [0.29, 0.717) is 16.7 Å². The Morgan fingerprint density at radius 3 is 2.30 bits per heavy atom. The van der Waals surface area contributed by atoms with Gasteiger partial charge in [0, 0.05) is 5.56 Å². The number of carbonyl (C=O) groups is 1. The van der Waals surface area contributed by atoms with E-state index in [1.165, 1.54) is 6.33 Å². The minimum atomic E-state index is -0.196. The van der Waals surface area contributed by atoms with Crippen molar-refractivity contribution in [3.63, 3.8) is 0 Å². The van der Waals surface area contributed by atoms with Crippen molar-refractivity contribution in [2.75, 3.05) is 0 Å². The molecule has 0 aliphatic heterocycles. The molecule has 0 amide bonds. The Labute approximate surface area is 131 Å². The molecule has 0 N–H and O–H groups in total. The van der Waals surface area contributed by atoms with Gasteiger partial charge in [-0.2, -0.15) is 4.68 Å². The van der Waals surface area contributed by atoms with E-state index in [1.807, 2.05) is 48.5 Å². The number of nitrogens with zero attached hydrogens (tertiary/aromatic N) is 5. The topological polar surface area (TPSA) is 73.6 Å². The maximum atomic E-state index is 12.6. The standard InChI is InChI=1S/C17H11N5O/c23-16(12-7-3-1-4-8-12)14-15-17(19-11-18-14)22(21-20-15)13-9-5-2-6-10-13/h1-11H. The number of rotatable bonds is 3. The van der Waals surface area contributed by atoms with Crippen molar-refractivity contribution in [3.05, 3.63) is 78.2 Å². The van der Waals surface area contributed by atoms with Gasteiger partial charge in [0.05, 0.1) is 5.69 Å². The Balaban J connectivity index is 1.87. The highest BCUT2D eigenvalue weighted by atomic mass is 16.1. The number of ketones is 1. The number of benzene rings is 2. The van der Waals surface area contributed by atoms with E-state index in [1.54, 1.807) is 16.8 Å². The zero-order chi connectivity index (χ0) is 15.6. The molecule has 0 atom stereocenters. The molecule has 0 fully saturated rings. The number of fused-ring (bicyclic) bond motifs is 1. The fourth-order valence-electron chi connectivity index (χ4n) is 2.38. The fourth-order valence-corrected chi connectivity index (χ4v) is 2.38. The van der Waals surface area contributed by atoms with Gasteiger partial charge in [-0.1, -0.05) is 53.7 Å². The first kappa shape index (κ1) is 13.3. The van der Waals surface area contributed by atoms with Crippen molar-refractivity contribution in [1.29, 1.82) is 0 Å². The van der Waals surface area contributed by atoms with Gasteiger partial charge in [0.1, 0.15) is 12.0 Å². The third-order valence-corrected chi connectivity index (χ3v) is 3.49. The van der Waals surface area contributed by atoms with E-state index >= 15 is 0 Å². The summed E-state index contributed by atoms with van der Waals surface area (Å²) in [5, 5.41) is 8.22. The van der Waals surface area contributed by atoms with Gasteiger partial charge in [-0.15, -0.1) is 5.10 Å². The van der Waals surface area contributed by atoms with Gasteiger partial charge in [0.25, 0.3) is 0 Å². The number of aromatic nitrogens is 5. The first-order chi connectivity index (χ1) is 11.3. The second-order valence-electron chi connectivity index (χ2n) is 4.93. The lowest BCUT2D eigenvalue weighted by Gasteiger charge is -2.02. The average Bonchev–Trinajstić information content (AvgIpc) is 3.07. The minimum Gasteiger partial charge on any atom is -0.287 e. The van der Waals surface area contributed by atoms with Crippen molar-refractivity contribution in [1.82, 2.24) is 25.0 Å². The molecule has 0 bridgehead atoms. The molecule has 0 radical (unpaired) electrons. The lowest BCUT2D eigenvalue weighted by molar-refractivity contribution is 0.103. The van der Waals surface area contributed by atoms with E-state index in [9.17, 15) is 4.79 Å². The molecule has 2 aromatic heterocycles. The van der Waals surface area contributed by atoms with Crippen molar-refractivity contribution in [2.24, 2.45) is 0 Å². The van der Waals surface area contributed by atoms with Crippen molar-refractivity contribution < 1.29 is 4.79 Å². The molecule has 2 heterocycles. The predicted octanol–water partition coefficient (Wildman–Crippen LogP) is 2.44. The molecule has 0 saturated heterocycles. The molecule has 0 saturated carbocycles. The van der Waals surface area contributed by atoms with Crippen LogP contribution in [-0.2, 0) is 0 Å². The maximum Gasteiger partial charge on any atom is 0.213 e. The minimum absolute atomic E-state index is 0.196. The van der Waals surface area contributed by atoms with E-state index in [0.717, 1.165) is 5.69 Å². The predicted molar refractivity (Wildman–Crippen MR) is 84.3 cm³/mol. The van der Waals surface area contributed by atoms with Gasteiger partial charge in [-0.3, -0.25) is 4.79 Å². The van der Waals surface area contributed by atoms with E-state index in [4.69, 9.17) is 0 Å². The molecule has 4 rings (SSSR count). The molecule has 2 aromatic carbocycles. The van der Waals surface area contributed by atoms with E-state index in [2.05, 4.69) is 20.3 Å². The largest absolute Gasteiger partial charge is 0.287 e. The Kier molecular flexibility index (Phi) is 3.12. The van der Waals surface area contributed by atoms with Gasteiger partial charge >= 0.3 is 0 Å². The summed E-state index contributed by atoms with van der Waals surface area (Å²) in [5.74, 6) is -0.196. The zero-order valence-electron chi connectivity index (χ0n) is 12.0. The lowest BCUT2D eigenvalue weighted by Crippen LogP contribution is -2.06. The van der Waals surface area contributed by atoms with Crippen LogP contribution in [0.15, 0.2) is 67.0 Å². The van der Waals surface area contributed by atoms with Crippen LogP contribution in [0.25, 0.3) is 16.9 Å². The van der Waals surface area contributed by atoms with Gasteiger partial charge < -0.3 is 0 Å². The molecule has 110 valence electrons. The van der Waals surface area contributed by atoms with Crippen LogP contribution in [0.4, 0.5) is 0 Å². The summed E-state index contributed by atoms with van der Waals surface area (Å²) in [6, 6.07) is 18.5. The average molecular weight is 301 g/mol. The monoisotopic (exact) mass is 301 g/mol. The fraction of sp³-hybridized carbons (Fsp3) is 0. The quantitative estimate of drug-likeness (QED) is 0.543. The highest BCUT2D eigenvalue weighted by molar-refractivity contribution is 6.13. The number of hydrogen-bond acceptors (Lipinski definition) is 5. The molecular formula is C17H11N5O. The molecule has 23 heavy (non-hydrogen) atoms. The first-order valence-electron chi connectivity index (χ1n) is 7.06. The summed E-state index contributed by atoms with van der Waals surface area (Å²) >= 11 is 0. The van der Waals surface area contributed by atoms with Crippen molar-refractivity contribution >= 4 is 16.9 Å². The highest BCUT2D eigenvalue weighted by Gasteiger charge is 2.19. The molecule has 0 aliphatic rings. The van der Waals surface area contributed by atoms with Crippen LogP contribution in [0, 0.1) is 0 Å². The molecule has 0 unspecified atom stereocenters. The molecule has 0 aliphatic carbocycles. The lowest BCUT2D eigenvalue weighted by atomic mass is 10.1. The Hall–Kier alpha value is -3.41. The van der Waals surface area contributed by atoms with E-state index < -0.39 is 0 Å². The Bertz CT molecular complexity index is 980. The van der Waals surface area contributed by atoms with Crippen LogP contribution in [0.2, 0.25) is 0 Å². The summed E-state index contributed by atoms with van der Waals surface area (Å²) in [5.41, 5.74) is 2.53. The van der Waals surface area contributed by atoms with Gasteiger partial charge in [-0.05, 0) is 12.1 Å². The SMILES string of the molecule is O=C(c1ccccc1)c1ncnc2c1nnn2-c1ccccc1. The van der Waals surface area contributed by atoms with Crippen LogP contribution < -0.4 is 0 Å². The normalized spacial score (nSPS) is 10.8. The maximum absolute atomic E-state index is 12.6. The zero-order valence-corrected chi connectivity index (χ0v) is 12.0. The molecule has 0 spiro atoms. The van der Waals surface area contributed by atoms with Crippen LogP contribution in [0.3, 0.4) is 0 Å². The third-order valence-electron chi connectivity index (χ3n) is 3.49. The smallest absolute Gasteiger partial charge is 0.213 e. The van der Waals surface area contributed by atoms with Crippen molar-refractivity contribution in [3.8, 4) is 5.69 Å². The Morgan fingerprint density at radius 1 is 0.870 bits per heavy atom. The van der Waals surface area contributed by atoms with Crippen LogP contribution in [0.5, 0.6) is 0 Å². The summed E-state index contributed by atoms with van der Waals surface area (Å²) in [4.78, 5) is 21.0. The Morgan fingerprint density at radius 2 is 1.57 bits per heavy atom. The van der Waals surface area contributed by atoms with Gasteiger partial charge in [-0.25, -0.2) is 9.97 Å². The van der Waals surface area contributed by atoms with Gasteiger partial charge in [0.15, 0.2) is 11.2 Å². The second-order valence-corrected chi connectivity index (χ2v) is 4.93. The first-order valence-corrected chi connectivity index (χ1v) is 7.06. The van der Waals surface area contributed by atoms with Crippen LogP contribution >= 0.6 is 0 Å². The van der Waals surface area contributed by atoms with E-state index in [-0.39, 0.29) is 11.5 Å². The molecular weight excluding hydrogens is 290 g/mol. The molecule has 6 nitrogen and oxygen atoms in total. The van der Waals surface area contributed by atoms with Crippen LogP contribution in [-0.4, -0.2) is 30.7 Å². The molecule has 6 heteroatoms. The number of para-hydroxylation sites is 1. The number of carbonyl (C=O) groups excluding carboxylic acids is 1.